The van der Waals surface area contributed by atoms with Gasteiger partial charge in [-0.1, -0.05) is 31.8 Å². The van der Waals surface area contributed by atoms with Gasteiger partial charge in [0.15, 0.2) is 5.83 Å². The van der Waals surface area contributed by atoms with Crippen LogP contribution in [0.3, 0.4) is 0 Å². The van der Waals surface area contributed by atoms with Crippen LogP contribution in [-0.2, 0) is 0 Å². The number of allylic oxidation sites excluding steroid dienone is 4. The van der Waals surface area contributed by atoms with Crippen molar-refractivity contribution in [2.75, 3.05) is 0 Å². The van der Waals surface area contributed by atoms with Gasteiger partial charge in [0.1, 0.15) is 5.76 Å². The molecule has 2 aromatic heterocycles. The summed E-state index contributed by atoms with van der Waals surface area (Å²) in [4.78, 5) is 16.3. The first kappa shape index (κ1) is 17.2. The second-order valence-corrected chi connectivity index (χ2v) is 6.02. The summed E-state index contributed by atoms with van der Waals surface area (Å²) >= 11 is 0. The predicted octanol–water partition coefficient (Wildman–Crippen LogP) is 4.51. The van der Waals surface area contributed by atoms with Crippen molar-refractivity contribution in [2.24, 2.45) is 5.92 Å². The summed E-state index contributed by atoms with van der Waals surface area (Å²) in [6, 6.07) is 1.85. The van der Waals surface area contributed by atoms with Gasteiger partial charge in [-0.3, -0.25) is 9.97 Å². The van der Waals surface area contributed by atoms with Crippen LogP contribution in [-0.4, -0.2) is 19.9 Å². The summed E-state index contributed by atoms with van der Waals surface area (Å²) in [5.74, 6) is 0.253. The van der Waals surface area contributed by atoms with Gasteiger partial charge in [-0.25, -0.2) is 14.4 Å². The van der Waals surface area contributed by atoms with Gasteiger partial charge in [-0.05, 0) is 18.9 Å². The zero-order chi connectivity index (χ0) is 17.5. The minimum absolute atomic E-state index is 0.153. The van der Waals surface area contributed by atoms with Crippen molar-refractivity contribution in [1.82, 2.24) is 19.9 Å². The highest BCUT2D eigenvalue weighted by Gasteiger charge is 2.23. The molecule has 3 rings (SSSR count). The van der Waals surface area contributed by atoms with E-state index in [1.54, 1.807) is 50.1 Å². The van der Waals surface area contributed by atoms with E-state index in [9.17, 15) is 0 Å². The molecule has 0 atom stereocenters. The van der Waals surface area contributed by atoms with Crippen LogP contribution in [0.2, 0.25) is 0 Å². The van der Waals surface area contributed by atoms with Gasteiger partial charge in [0.2, 0.25) is 0 Å². The van der Waals surface area contributed by atoms with Crippen molar-refractivity contribution in [3.05, 3.63) is 60.4 Å². The topological polar surface area (TPSA) is 60.8 Å². The Labute approximate surface area is 146 Å². The standard InChI is InChI=1S/C19H21FN4O/c1-2-15(16-13-21-10-11-22-16)18(20)17(12-14-6-3-4-7-14)25-19-23-8-5-9-24-19/h2,5,8-11,13-14H,3-4,6-7,12H2,1H3/b15-2-,18-17-. The van der Waals surface area contributed by atoms with Gasteiger partial charge < -0.3 is 4.74 Å². The van der Waals surface area contributed by atoms with Crippen molar-refractivity contribution >= 4 is 5.57 Å². The highest BCUT2D eigenvalue weighted by Crippen LogP contribution is 2.34. The molecule has 2 aromatic rings. The molecule has 6 heteroatoms. The van der Waals surface area contributed by atoms with Crippen molar-refractivity contribution in [3.8, 4) is 6.01 Å². The lowest BCUT2D eigenvalue weighted by molar-refractivity contribution is 0.326. The van der Waals surface area contributed by atoms with E-state index in [0.29, 0.717) is 23.6 Å². The Bertz CT molecular complexity index is 741. The molecule has 130 valence electrons. The van der Waals surface area contributed by atoms with Gasteiger partial charge in [0.05, 0.1) is 11.9 Å². The summed E-state index contributed by atoms with van der Waals surface area (Å²) in [6.07, 6.45) is 14.6. The molecule has 0 aromatic carbocycles. The van der Waals surface area contributed by atoms with Gasteiger partial charge in [0.25, 0.3) is 0 Å². The van der Waals surface area contributed by atoms with E-state index in [4.69, 9.17) is 4.74 Å². The molecule has 0 bridgehead atoms. The fraction of sp³-hybridized carbons (Fsp3) is 0.368. The zero-order valence-electron chi connectivity index (χ0n) is 14.2. The van der Waals surface area contributed by atoms with Gasteiger partial charge in [-0.2, -0.15) is 0 Å². The number of halogens is 1. The SMILES string of the molecule is C/C=C(\C(F)=C(/CC1CCCC1)Oc1ncccn1)c1cnccn1. The van der Waals surface area contributed by atoms with E-state index in [1.165, 1.54) is 12.8 Å². The minimum atomic E-state index is -0.428. The fourth-order valence-corrected chi connectivity index (χ4v) is 3.08. The maximum absolute atomic E-state index is 15.3. The lowest BCUT2D eigenvalue weighted by Crippen LogP contribution is -2.07. The molecule has 0 spiro atoms. The molecule has 0 unspecified atom stereocenters. The monoisotopic (exact) mass is 340 g/mol. The van der Waals surface area contributed by atoms with Gasteiger partial charge in [-0.15, -0.1) is 0 Å². The first-order valence-corrected chi connectivity index (χ1v) is 8.54. The lowest BCUT2D eigenvalue weighted by atomic mass is 10.0. The van der Waals surface area contributed by atoms with Gasteiger partial charge >= 0.3 is 6.01 Å². The molecule has 0 amide bonds. The van der Waals surface area contributed by atoms with Crippen LogP contribution in [0.25, 0.3) is 5.57 Å². The van der Waals surface area contributed by atoms with Gasteiger partial charge in [0, 0.05) is 36.8 Å². The van der Waals surface area contributed by atoms with E-state index in [-0.39, 0.29) is 11.8 Å². The van der Waals surface area contributed by atoms with Crippen molar-refractivity contribution in [2.45, 2.75) is 39.0 Å². The quantitative estimate of drug-likeness (QED) is 0.572. The summed E-state index contributed by atoms with van der Waals surface area (Å²) in [7, 11) is 0. The Morgan fingerprint density at radius 2 is 1.92 bits per heavy atom. The second-order valence-electron chi connectivity index (χ2n) is 6.02. The molecule has 0 saturated heterocycles. The molecule has 0 radical (unpaired) electrons. The molecular weight excluding hydrogens is 319 g/mol. The third-order valence-electron chi connectivity index (χ3n) is 4.31. The smallest absolute Gasteiger partial charge is 0.321 e. The molecule has 0 aliphatic heterocycles. The second kappa shape index (κ2) is 8.46. The summed E-state index contributed by atoms with van der Waals surface area (Å²) in [6.45, 7) is 1.77. The first-order valence-electron chi connectivity index (χ1n) is 8.54. The minimum Gasteiger partial charge on any atom is -0.426 e. The third kappa shape index (κ3) is 4.47. The Morgan fingerprint density at radius 3 is 2.56 bits per heavy atom. The van der Waals surface area contributed by atoms with E-state index < -0.39 is 5.83 Å². The van der Waals surface area contributed by atoms with Crippen LogP contribution in [0.5, 0.6) is 6.01 Å². The maximum atomic E-state index is 15.3. The van der Waals surface area contributed by atoms with Crippen LogP contribution in [0.15, 0.2) is 54.7 Å². The lowest BCUT2D eigenvalue weighted by Gasteiger charge is -2.15. The Morgan fingerprint density at radius 1 is 1.16 bits per heavy atom. The van der Waals surface area contributed by atoms with Crippen LogP contribution < -0.4 is 4.74 Å². The number of hydrogen-bond donors (Lipinski definition) is 0. The molecular formula is C19H21FN4O. The normalized spacial score (nSPS) is 16.6. The molecule has 1 saturated carbocycles. The van der Waals surface area contributed by atoms with E-state index in [2.05, 4.69) is 19.9 Å². The van der Waals surface area contributed by atoms with Crippen molar-refractivity contribution in [3.63, 3.8) is 0 Å². The number of ether oxygens (including phenoxy) is 1. The highest BCUT2D eigenvalue weighted by atomic mass is 19.1. The highest BCUT2D eigenvalue weighted by molar-refractivity contribution is 5.74. The molecule has 0 N–H and O–H groups in total. The summed E-state index contributed by atoms with van der Waals surface area (Å²) in [5.41, 5.74) is 0.848. The number of rotatable bonds is 6. The largest absolute Gasteiger partial charge is 0.426 e. The molecule has 2 heterocycles. The molecule has 1 fully saturated rings. The van der Waals surface area contributed by atoms with Crippen LogP contribution in [0, 0.1) is 5.92 Å². The average Bonchev–Trinajstić information content (AvgIpc) is 3.17. The van der Waals surface area contributed by atoms with Crippen LogP contribution in [0.4, 0.5) is 4.39 Å². The molecule has 5 nitrogen and oxygen atoms in total. The molecule has 1 aliphatic rings. The third-order valence-corrected chi connectivity index (χ3v) is 4.31. The van der Waals surface area contributed by atoms with Crippen LogP contribution in [0.1, 0.15) is 44.7 Å². The predicted molar refractivity (Wildman–Crippen MR) is 93.1 cm³/mol. The Hall–Kier alpha value is -2.63. The Balaban J connectivity index is 1.93. The van der Waals surface area contributed by atoms with E-state index >= 15 is 4.39 Å². The zero-order valence-corrected chi connectivity index (χ0v) is 14.2. The fourth-order valence-electron chi connectivity index (χ4n) is 3.08. The first-order chi connectivity index (χ1) is 12.3. The van der Waals surface area contributed by atoms with E-state index in [1.807, 2.05) is 0 Å². The summed E-state index contributed by atoms with van der Waals surface area (Å²) < 4.78 is 21.1. The number of nitrogens with zero attached hydrogens (tertiary/aromatic N) is 4. The average molecular weight is 340 g/mol. The van der Waals surface area contributed by atoms with Crippen molar-refractivity contribution in [1.29, 1.82) is 0 Å². The maximum Gasteiger partial charge on any atom is 0.321 e. The number of hydrogen-bond acceptors (Lipinski definition) is 5. The van der Waals surface area contributed by atoms with Crippen molar-refractivity contribution < 1.29 is 9.13 Å². The Kier molecular flexibility index (Phi) is 5.82. The molecule has 1 aliphatic carbocycles. The van der Waals surface area contributed by atoms with E-state index in [0.717, 1.165) is 12.8 Å². The molecule has 25 heavy (non-hydrogen) atoms. The number of aromatic nitrogens is 4. The van der Waals surface area contributed by atoms with Crippen LogP contribution >= 0.6 is 0 Å². The summed E-state index contributed by atoms with van der Waals surface area (Å²) in [5, 5.41) is 0.